The smallest absolute Gasteiger partial charge is 0.0684 e. The Kier molecular flexibility index (Phi) is 3.95. The summed E-state index contributed by atoms with van der Waals surface area (Å²) in [6, 6.07) is 2.35. The molecule has 0 aliphatic heterocycles. The van der Waals surface area contributed by atoms with E-state index >= 15 is 0 Å². The molecule has 0 saturated heterocycles. The molecule has 0 aromatic heterocycles. The maximum Gasteiger partial charge on any atom is 0.0684 e. The molecular weight excluding hydrogens is 172 g/mol. The van der Waals surface area contributed by atoms with Gasteiger partial charge >= 0.3 is 0 Å². The van der Waals surface area contributed by atoms with E-state index in [1.165, 1.54) is 25.8 Å². The number of nitriles is 1. The third-order valence-corrected chi connectivity index (χ3v) is 3.22. The van der Waals surface area contributed by atoms with E-state index in [4.69, 9.17) is 5.26 Å². The van der Waals surface area contributed by atoms with Crippen LogP contribution in [0.2, 0.25) is 0 Å². The lowest BCUT2D eigenvalue weighted by atomic mass is 9.85. The van der Waals surface area contributed by atoms with Crippen LogP contribution in [0.5, 0.6) is 0 Å². The monoisotopic (exact) mass is 194 g/mol. The highest BCUT2D eigenvalue weighted by molar-refractivity contribution is 4.92. The molecule has 0 heterocycles. The van der Waals surface area contributed by atoms with Gasteiger partial charge in [0.05, 0.1) is 11.5 Å². The Morgan fingerprint density at radius 2 is 2.07 bits per heavy atom. The van der Waals surface area contributed by atoms with Gasteiger partial charge in [0.15, 0.2) is 0 Å². The zero-order valence-corrected chi connectivity index (χ0v) is 9.71. The molecule has 1 fully saturated rings. The van der Waals surface area contributed by atoms with Gasteiger partial charge in [0, 0.05) is 6.54 Å². The average Bonchev–Trinajstić information content (AvgIpc) is 2.08. The molecule has 1 rings (SSSR count). The summed E-state index contributed by atoms with van der Waals surface area (Å²) in [4.78, 5) is 2.38. The van der Waals surface area contributed by atoms with E-state index in [2.05, 4.69) is 18.0 Å². The van der Waals surface area contributed by atoms with Crippen molar-refractivity contribution in [1.82, 2.24) is 4.90 Å². The average molecular weight is 194 g/mol. The van der Waals surface area contributed by atoms with Gasteiger partial charge in [-0.25, -0.2) is 0 Å². The van der Waals surface area contributed by atoms with Crippen LogP contribution < -0.4 is 0 Å². The van der Waals surface area contributed by atoms with E-state index in [-0.39, 0.29) is 5.41 Å². The molecule has 0 atom stereocenters. The lowest BCUT2D eigenvalue weighted by Crippen LogP contribution is -2.31. The van der Waals surface area contributed by atoms with Crippen LogP contribution in [-0.4, -0.2) is 25.0 Å². The number of hydrogen-bond donors (Lipinski definition) is 0. The molecule has 80 valence electrons. The fourth-order valence-corrected chi connectivity index (χ4v) is 1.73. The van der Waals surface area contributed by atoms with Crippen molar-refractivity contribution in [2.24, 2.45) is 11.3 Å². The molecule has 0 N–H and O–H groups in total. The zero-order chi connectivity index (χ0) is 10.6. The summed E-state index contributed by atoms with van der Waals surface area (Å²) < 4.78 is 0. The molecule has 1 saturated carbocycles. The third kappa shape index (κ3) is 3.67. The van der Waals surface area contributed by atoms with Gasteiger partial charge in [0.2, 0.25) is 0 Å². The maximum atomic E-state index is 8.88. The zero-order valence-electron chi connectivity index (χ0n) is 9.71. The molecule has 0 spiro atoms. The first-order valence-corrected chi connectivity index (χ1v) is 5.63. The lowest BCUT2D eigenvalue weighted by Gasteiger charge is -2.31. The Labute approximate surface area is 87.9 Å². The summed E-state index contributed by atoms with van der Waals surface area (Å²) in [5, 5.41) is 8.88. The Morgan fingerprint density at radius 1 is 1.43 bits per heavy atom. The Hall–Kier alpha value is -0.550. The van der Waals surface area contributed by atoms with Gasteiger partial charge < -0.3 is 4.90 Å². The highest BCUT2D eigenvalue weighted by atomic mass is 15.1. The van der Waals surface area contributed by atoms with Crippen molar-refractivity contribution >= 4 is 0 Å². The van der Waals surface area contributed by atoms with E-state index < -0.39 is 0 Å². The molecule has 0 amide bonds. The highest BCUT2D eigenvalue weighted by Crippen LogP contribution is 2.27. The molecule has 0 unspecified atom stereocenters. The van der Waals surface area contributed by atoms with Crippen molar-refractivity contribution < 1.29 is 0 Å². The predicted octanol–water partition coefficient (Wildman–Crippen LogP) is 2.66. The summed E-state index contributed by atoms with van der Waals surface area (Å²) in [6.45, 7) is 6.31. The van der Waals surface area contributed by atoms with Crippen LogP contribution >= 0.6 is 0 Å². The Balaban J connectivity index is 2.14. The summed E-state index contributed by atoms with van der Waals surface area (Å²) >= 11 is 0. The Morgan fingerprint density at radius 3 is 2.50 bits per heavy atom. The Bertz CT molecular complexity index is 211. The van der Waals surface area contributed by atoms with Gasteiger partial charge in [0.25, 0.3) is 0 Å². The van der Waals surface area contributed by atoms with Gasteiger partial charge in [-0.3, -0.25) is 0 Å². The van der Waals surface area contributed by atoms with Gasteiger partial charge in [-0.2, -0.15) is 5.26 Å². The van der Waals surface area contributed by atoms with Crippen molar-refractivity contribution in [3.63, 3.8) is 0 Å². The fourth-order valence-electron chi connectivity index (χ4n) is 1.73. The standard InChI is InChI=1S/C12H22N2/c1-12(2,10-13)7-8-14(3)9-11-5-4-6-11/h11H,4-9H2,1-3H3. The molecule has 2 nitrogen and oxygen atoms in total. The molecule has 0 radical (unpaired) electrons. The number of hydrogen-bond acceptors (Lipinski definition) is 2. The summed E-state index contributed by atoms with van der Waals surface area (Å²) in [7, 11) is 2.17. The molecule has 1 aliphatic carbocycles. The van der Waals surface area contributed by atoms with Crippen LogP contribution in [0, 0.1) is 22.7 Å². The second-order valence-electron chi connectivity index (χ2n) is 5.30. The first-order chi connectivity index (χ1) is 6.53. The summed E-state index contributed by atoms with van der Waals surface area (Å²) in [6.07, 6.45) is 5.22. The largest absolute Gasteiger partial charge is 0.306 e. The number of nitrogens with zero attached hydrogens (tertiary/aromatic N) is 2. The van der Waals surface area contributed by atoms with Crippen LogP contribution in [0.1, 0.15) is 39.5 Å². The minimum Gasteiger partial charge on any atom is -0.306 e. The molecule has 0 bridgehead atoms. The lowest BCUT2D eigenvalue weighted by molar-refractivity contribution is 0.192. The van der Waals surface area contributed by atoms with Crippen molar-refractivity contribution in [3.8, 4) is 6.07 Å². The van der Waals surface area contributed by atoms with Crippen molar-refractivity contribution in [3.05, 3.63) is 0 Å². The van der Waals surface area contributed by atoms with Crippen LogP contribution in [0.3, 0.4) is 0 Å². The fraction of sp³-hybridized carbons (Fsp3) is 0.917. The molecule has 0 aromatic rings. The van der Waals surface area contributed by atoms with E-state index in [0.29, 0.717) is 0 Å². The molecule has 14 heavy (non-hydrogen) atoms. The minimum absolute atomic E-state index is 0.159. The molecular formula is C12H22N2. The van der Waals surface area contributed by atoms with Gasteiger partial charge in [0.1, 0.15) is 0 Å². The normalized spacial score (nSPS) is 17.9. The van der Waals surface area contributed by atoms with Crippen LogP contribution in [0.4, 0.5) is 0 Å². The third-order valence-electron chi connectivity index (χ3n) is 3.22. The van der Waals surface area contributed by atoms with Crippen molar-refractivity contribution in [1.29, 1.82) is 5.26 Å². The minimum atomic E-state index is -0.159. The quantitative estimate of drug-likeness (QED) is 0.672. The molecule has 2 heteroatoms. The van der Waals surface area contributed by atoms with Crippen molar-refractivity contribution in [2.75, 3.05) is 20.1 Å². The number of rotatable bonds is 5. The topological polar surface area (TPSA) is 27.0 Å². The van der Waals surface area contributed by atoms with E-state index in [0.717, 1.165) is 18.9 Å². The van der Waals surface area contributed by atoms with Crippen LogP contribution in [0.25, 0.3) is 0 Å². The van der Waals surface area contributed by atoms with Crippen LogP contribution in [0.15, 0.2) is 0 Å². The summed E-state index contributed by atoms with van der Waals surface area (Å²) in [5.74, 6) is 0.935. The second kappa shape index (κ2) is 4.79. The van der Waals surface area contributed by atoms with E-state index in [1.807, 2.05) is 13.8 Å². The van der Waals surface area contributed by atoms with Gasteiger partial charge in [-0.1, -0.05) is 6.42 Å². The SMILES string of the molecule is CN(CCC(C)(C)C#N)CC1CCC1. The van der Waals surface area contributed by atoms with Gasteiger partial charge in [-0.15, -0.1) is 0 Å². The van der Waals surface area contributed by atoms with E-state index in [1.54, 1.807) is 0 Å². The van der Waals surface area contributed by atoms with Gasteiger partial charge in [-0.05, 0) is 52.6 Å². The maximum absolute atomic E-state index is 8.88. The predicted molar refractivity (Wildman–Crippen MR) is 58.8 cm³/mol. The first kappa shape index (κ1) is 11.5. The second-order valence-corrected chi connectivity index (χ2v) is 5.30. The first-order valence-electron chi connectivity index (χ1n) is 5.63. The van der Waals surface area contributed by atoms with Crippen molar-refractivity contribution in [2.45, 2.75) is 39.5 Å². The van der Waals surface area contributed by atoms with E-state index in [9.17, 15) is 0 Å². The highest BCUT2D eigenvalue weighted by Gasteiger charge is 2.21. The van der Waals surface area contributed by atoms with Crippen LogP contribution in [-0.2, 0) is 0 Å². The molecule has 0 aromatic carbocycles. The summed E-state index contributed by atoms with van der Waals surface area (Å²) in [5.41, 5.74) is -0.159. The molecule has 1 aliphatic rings.